The number of carbonyl (C=O) groups excluding carboxylic acids is 2. The fraction of sp³-hybridized carbons (Fsp3) is 0.333. The summed E-state index contributed by atoms with van der Waals surface area (Å²) in [4.78, 5) is 45.8. The largest absolute Gasteiger partial charge is 0.489 e. The van der Waals surface area contributed by atoms with Crippen molar-refractivity contribution in [2.24, 2.45) is 0 Å². The van der Waals surface area contributed by atoms with Gasteiger partial charge in [-0.2, -0.15) is 0 Å². The van der Waals surface area contributed by atoms with Crippen LogP contribution in [0.4, 0.5) is 0 Å². The predicted molar refractivity (Wildman–Crippen MR) is 91.8 cm³/mol. The van der Waals surface area contributed by atoms with E-state index in [2.05, 4.69) is 0 Å². The van der Waals surface area contributed by atoms with Crippen LogP contribution in [0.2, 0.25) is 0 Å². The van der Waals surface area contributed by atoms with E-state index >= 15 is 0 Å². The number of fused-ring (bicyclic) bond motifs is 1. The molecule has 0 bridgehead atoms. The molecule has 0 aliphatic heterocycles. The molecule has 1 heterocycles. The van der Waals surface area contributed by atoms with Crippen LogP contribution < -0.4 is 10.2 Å². The van der Waals surface area contributed by atoms with Crippen molar-refractivity contribution in [3.05, 3.63) is 40.2 Å². The SMILES string of the molecule is CCOC(=O)CCC(=O)OCCOc1cccc2oc(C(=O)O)cc(=O)c12. The van der Waals surface area contributed by atoms with Crippen molar-refractivity contribution in [1.29, 1.82) is 0 Å². The first-order chi connectivity index (χ1) is 12.9. The van der Waals surface area contributed by atoms with E-state index in [1.54, 1.807) is 6.92 Å². The van der Waals surface area contributed by atoms with Crippen molar-refractivity contribution in [3.63, 3.8) is 0 Å². The summed E-state index contributed by atoms with van der Waals surface area (Å²) in [6.07, 6.45) is -0.168. The van der Waals surface area contributed by atoms with Crippen LogP contribution in [0.25, 0.3) is 11.0 Å². The smallest absolute Gasteiger partial charge is 0.371 e. The molecule has 0 atom stereocenters. The van der Waals surface area contributed by atoms with E-state index in [0.717, 1.165) is 6.07 Å². The molecule has 2 aromatic rings. The van der Waals surface area contributed by atoms with Crippen LogP contribution >= 0.6 is 0 Å². The minimum Gasteiger partial charge on any atom is -0.489 e. The second kappa shape index (κ2) is 9.37. The molecule has 0 spiro atoms. The average Bonchev–Trinajstić information content (AvgIpc) is 2.63. The molecule has 1 aromatic carbocycles. The van der Waals surface area contributed by atoms with Gasteiger partial charge in [0.25, 0.3) is 0 Å². The minimum atomic E-state index is -1.35. The molecule has 9 heteroatoms. The van der Waals surface area contributed by atoms with E-state index in [1.807, 2.05) is 0 Å². The number of rotatable bonds is 9. The van der Waals surface area contributed by atoms with Gasteiger partial charge in [0.15, 0.2) is 5.43 Å². The Morgan fingerprint density at radius 1 is 1.07 bits per heavy atom. The highest BCUT2D eigenvalue weighted by Crippen LogP contribution is 2.23. The zero-order chi connectivity index (χ0) is 19.8. The Hall–Kier alpha value is -3.36. The van der Waals surface area contributed by atoms with Gasteiger partial charge in [0.05, 0.1) is 19.4 Å². The maximum absolute atomic E-state index is 12.1. The molecule has 144 valence electrons. The number of hydrogen-bond acceptors (Lipinski definition) is 8. The number of aromatic carboxylic acids is 1. The average molecular weight is 378 g/mol. The summed E-state index contributed by atoms with van der Waals surface area (Å²) < 4.78 is 20.2. The van der Waals surface area contributed by atoms with E-state index in [1.165, 1.54) is 18.2 Å². The third-order valence-electron chi connectivity index (χ3n) is 3.37. The van der Waals surface area contributed by atoms with Gasteiger partial charge >= 0.3 is 17.9 Å². The fourth-order valence-electron chi connectivity index (χ4n) is 2.22. The predicted octanol–water partition coefficient (Wildman–Crippen LogP) is 1.76. The molecule has 2 rings (SSSR count). The molecule has 0 fully saturated rings. The quantitative estimate of drug-likeness (QED) is 0.512. The highest BCUT2D eigenvalue weighted by molar-refractivity contribution is 5.89. The lowest BCUT2D eigenvalue weighted by Crippen LogP contribution is -2.15. The number of benzene rings is 1. The van der Waals surface area contributed by atoms with E-state index < -0.39 is 29.1 Å². The van der Waals surface area contributed by atoms with Crippen LogP contribution in [0.1, 0.15) is 30.3 Å². The number of carboxylic acids is 1. The van der Waals surface area contributed by atoms with Crippen LogP contribution in [0.15, 0.2) is 33.5 Å². The van der Waals surface area contributed by atoms with E-state index in [4.69, 9.17) is 23.7 Å². The van der Waals surface area contributed by atoms with Crippen molar-refractivity contribution in [3.8, 4) is 5.75 Å². The molecule has 1 N–H and O–H groups in total. The van der Waals surface area contributed by atoms with Gasteiger partial charge in [0, 0.05) is 6.07 Å². The van der Waals surface area contributed by atoms with Crippen molar-refractivity contribution < 1.29 is 38.1 Å². The summed E-state index contributed by atoms with van der Waals surface area (Å²) in [5.41, 5.74) is -0.487. The lowest BCUT2D eigenvalue weighted by molar-refractivity contribution is -0.150. The molecule has 0 unspecified atom stereocenters. The van der Waals surface area contributed by atoms with Crippen molar-refractivity contribution in [1.82, 2.24) is 0 Å². The van der Waals surface area contributed by atoms with Crippen LogP contribution in [0.3, 0.4) is 0 Å². The van der Waals surface area contributed by atoms with Gasteiger partial charge in [0.2, 0.25) is 5.76 Å². The molecular weight excluding hydrogens is 360 g/mol. The molecule has 0 aliphatic rings. The molecule has 0 amide bonds. The number of ether oxygens (including phenoxy) is 3. The number of carbonyl (C=O) groups is 3. The first-order valence-corrected chi connectivity index (χ1v) is 8.16. The summed E-state index contributed by atoms with van der Waals surface area (Å²) in [5.74, 6) is -2.69. The maximum Gasteiger partial charge on any atom is 0.371 e. The Labute approximate surface area is 153 Å². The molecule has 0 radical (unpaired) electrons. The van der Waals surface area contributed by atoms with Crippen LogP contribution in [-0.2, 0) is 19.1 Å². The zero-order valence-electron chi connectivity index (χ0n) is 14.6. The summed E-state index contributed by atoms with van der Waals surface area (Å²) in [5, 5.41) is 9.02. The first kappa shape index (κ1) is 20.0. The topological polar surface area (TPSA) is 129 Å². The van der Waals surface area contributed by atoms with Gasteiger partial charge in [-0.15, -0.1) is 0 Å². The zero-order valence-corrected chi connectivity index (χ0v) is 14.6. The van der Waals surface area contributed by atoms with Gasteiger partial charge < -0.3 is 23.7 Å². The first-order valence-electron chi connectivity index (χ1n) is 8.16. The Balaban J connectivity index is 1.92. The van der Waals surface area contributed by atoms with E-state index in [9.17, 15) is 19.2 Å². The molecule has 9 nitrogen and oxygen atoms in total. The Morgan fingerprint density at radius 3 is 2.44 bits per heavy atom. The third-order valence-corrected chi connectivity index (χ3v) is 3.37. The van der Waals surface area contributed by atoms with Crippen molar-refractivity contribution in [2.45, 2.75) is 19.8 Å². The lowest BCUT2D eigenvalue weighted by atomic mass is 10.2. The van der Waals surface area contributed by atoms with Crippen LogP contribution in [-0.4, -0.2) is 42.8 Å². The van der Waals surface area contributed by atoms with Crippen LogP contribution in [0.5, 0.6) is 5.75 Å². The lowest BCUT2D eigenvalue weighted by Gasteiger charge is -2.09. The van der Waals surface area contributed by atoms with Gasteiger partial charge in [-0.3, -0.25) is 14.4 Å². The second-order valence-electron chi connectivity index (χ2n) is 5.28. The number of carboxylic acid groups (broad SMARTS) is 1. The number of esters is 2. The van der Waals surface area contributed by atoms with E-state index in [-0.39, 0.29) is 49.4 Å². The molecular formula is C18H18O9. The molecule has 0 saturated carbocycles. The number of hydrogen-bond donors (Lipinski definition) is 1. The monoisotopic (exact) mass is 378 g/mol. The Bertz CT molecular complexity index is 897. The highest BCUT2D eigenvalue weighted by Gasteiger charge is 2.14. The van der Waals surface area contributed by atoms with Gasteiger partial charge in [-0.05, 0) is 19.1 Å². The summed E-state index contributed by atoms with van der Waals surface area (Å²) in [7, 11) is 0. The van der Waals surface area contributed by atoms with Gasteiger partial charge in [-0.1, -0.05) is 6.07 Å². The molecule has 0 saturated heterocycles. The van der Waals surface area contributed by atoms with Gasteiger partial charge in [-0.25, -0.2) is 4.79 Å². The second-order valence-corrected chi connectivity index (χ2v) is 5.28. The Kier molecular flexibility index (Phi) is 6.93. The summed E-state index contributed by atoms with van der Waals surface area (Å²) in [6.45, 7) is 1.79. The van der Waals surface area contributed by atoms with Gasteiger partial charge in [0.1, 0.15) is 29.9 Å². The van der Waals surface area contributed by atoms with E-state index in [0.29, 0.717) is 0 Å². The van der Waals surface area contributed by atoms with Crippen molar-refractivity contribution >= 4 is 28.9 Å². The summed E-state index contributed by atoms with van der Waals surface area (Å²) in [6, 6.07) is 5.37. The molecule has 0 aliphatic carbocycles. The fourth-order valence-corrected chi connectivity index (χ4v) is 2.22. The normalized spacial score (nSPS) is 10.4. The molecule has 1 aromatic heterocycles. The summed E-state index contributed by atoms with van der Waals surface area (Å²) >= 11 is 0. The molecule has 27 heavy (non-hydrogen) atoms. The maximum atomic E-state index is 12.1. The third kappa shape index (κ3) is 5.56. The standard InChI is InChI=1S/C18H18O9/c1-2-24-15(20)6-7-16(21)26-9-8-25-12-4-3-5-13-17(12)11(19)10-14(27-13)18(22)23/h3-5,10H,2,6-9H2,1H3,(H,22,23). The Morgan fingerprint density at radius 2 is 1.78 bits per heavy atom. The van der Waals surface area contributed by atoms with Crippen LogP contribution in [0, 0.1) is 0 Å². The van der Waals surface area contributed by atoms with Crippen molar-refractivity contribution in [2.75, 3.05) is 19.8 Å². The highest BCUT2D eigenvalue weighted by atomic mass is 16.6. The minimum absolute atomic E-state index is 0.0373.